The van der Waals surface area contributed by atoms with Crippen LogP contribution in [-0.4, -0.2) is 25.2 Å². The summed E-state index contributed by atoms with van der Waals surface area (Å²) in [5.74, 6) is 0.902. The normalized spacial score (nSPS) is 38.5. The Balaban J connectivity index is 2.06. The summed E-state index contributed by atoms with van der Waals surface area (Å²) >= 11 is 0. The molecule has 1 aliphatic heterocycles. The maximum atomic E-state index is 3.67. The largest absolute Gasteiger partial charge is 0.315 e. The molecule has 2 nitrogen and oxygen atoms in total. The van der Waals surface area contributed by atoms with Crippen molar-refractivity contribution in [1.29, 1.82) is 0 Å². The molecule has 2 fully saturated rings. The van der Waals surface area contributed by atoms with Crippen molar-refractivity contribution < 1.29 is 0 Å². The van der Waals surface area contributed by atoms with Gasteiger partial charge in [-0.05, 0) is 38.8 Å². The summed E-state index contributed by atoms with van der Waals surface area (Å²) in [5, 5.41) is 7.17. The predicted octanol–water partition coefficient (Wildman–Crippen LogP) is 1.13. The molecule has 2 heteroatoms. The van der Waals surface area contributed by atoms with Gasteiger partial charge in [0.15, 0.2) is 0 Å². The van der Waals surface area contributed by atoms with Crippen molar-refractivity contribution in [3.63, 3.8) is 0 Å². The van der Waals surface area contributed by atoms with Gasteiger partial charge in [-0.25, -0.2) is 0 Å². The minimum absolute atomic E-state index is 0.508. The molecular weight excluding hydrogens is 148 g/mol. The Bertz CT molecular complexity index is 163. The van der Waals surface area contributed by atoms with E-state index in [4.69, 9.17) is 0 Å². The van der Waals surface area contributed by atoms with E-state index in [0.29, 0.717) is 5.54 Å². The zero-order chi connectivity index (χ0) is 8.60. The van der Waals surface area contributed by atoms with Crippen molar-refractivity contribution in [1.82, 2.24) is 10.6 Å². The highest BCUT2D eigenvalue weighted by atomic mass is 15.1. The van der Waals surface area contributed by atoms with E-state index in [1.807, 2.05) is 0 Å². The molecular formula is C10H20N2. The summed E-state index contributed by atoms with van der Waals surface area (Å²) in [4.78, 5) is 0. The van der Waals surface area contributed by atoms with Gasteiger partial charge in [0.25, 0.3) is 0 Å². The van der Waals surface area contributed by atoms with E-state index >= 15 is 0 Å². The molecule has 1 saturated heterocycles. The lowest BCUT2D eigenvalue weighted by atomic mass is 9.83. The summed E-state index contributed by atoms with van der Waals surface area (Å²) < 4.78 is 0. The summed E-state index contributed by atoms with van der Waals surface area (Å²) in [5.41, 5.74) is 0.508. The van der Waals surface area contributed by atoms with Crippen molar-refractivity contribution in [2.75, 3.05) is 13.6 Å². The van der Waals surface area contributed by atoms with E-state index in [9.17, 15) is 0 Å². The van der Waals surface area contributed by atoms with E-state index in [1.54, 1.807) is 0 Å². The molecule has 0 amide bonds. The van der Waals surface area contributed by atoms with Crippen LogP contribution in [0.1, 0.15) is 32.6 Å². The Kier molecular flexibility index (Phi) is 2.13. The summed E-state index contributed by atoms with van der Waals surface area (Å²) in [6, 6.07) is 0.733. The number of hydrogen-bond donors (Lipinski definition) is 2. The second-order valence-electron chi connectivity index (χ2n) is 4.31. The molecule has 0 radical (unpaired) electrons. The van der Waals surface area contributed by atoms with Gasteiger partial charge >= 0.3 is 0 Å². The van der Waals surface area contributed by atoms with Crippen LogP contribution >= 0.6 is 0 Å². The molecule has 2 aliphatic rings. The molecule has 2 atom stereocenters. The first-order valence-electron chi connectivity index (χ1n) is 5.24. The van der Waals surface area contributed by atoms with Crippen LogP contribution in [0.4, 0.5) is 0 Å². The van der Waals surface area contributed by atoms with Gasteiger partial charge in [0.05, 0.1) is 0 Å². The van der Waals surface area contributed by atoms with E-state index in [0.717, 1.165) is 12.0 Å². The smallest absolute Gasteiger partial charge is 0.0339 e. The van der Waals surface area contributed by atoms with Crippen molar-refractivity contribution in [3.8, 4) is 0 Å². The minimum atomic E-state index is 0.508. The fraction of sp³-hybridized carbons (Fsp3) is 1.00. The van der Waals surface area contributed by atoms with Crippen LogP contribution in [-0.2, 0) is 0 Å². The first kappa shape index (κ1) is 8.52. The summed E-state index contributed by atoms with van der Waals surface area (Å²) in [6.45, 7) is 3.55. The third-order valence-corrected chi connectivity index (χ3v) is 3.68. The average molecular weight is 168 g/mol. The highest BCUT2D eigenvalue weighted by Gasteiger charge is 2.52. The third kappa shape index (κ3) is 1.17. The molecule has 2 rings (SSSR count). The fourth-order valence-corrected chi connectivity index (χ4v) is 2.81. The number of hydrogen-bond acceptors (Lipinski definition) is 2. The summed E-state index contributed by atoms with van der Waals surface area (Å²) in [6.07, 6.45) is 5.45. The Morgan fingerprint density at radius 1 is 1.50 bits per heavy atom. The van der Waals surface area contributed by atoms with Crippen molar-refractivity contribution in [3.05, 3.63) is 0 Å². The molecule has 1 saturated carbocycles. The van der Waals surface area contributed by atoms with Crippen molar-refractivity contribution in [2.45, 2.75) is 44.2 Å². The monoisotopic (exact) mass is 168 g/mol. The van der Waals surface area contributed by atoms with Gasteiger partial charge in [-0.2, -0.15) is 0 Å². The van der Waals surface area contributed by atoms with Crippen LogP contribution in [0.3, 0.4) is 0 Å². The number of rotatable bonds is 2. The molecule has 0 aromatic heterocycles. The summed E-state index contributed by atoms with van der Waals surface area (Å²) in [7, 11) is 2.11. The van der Waals surface area contributed by atoms with E-state index in [1.165, 1.54) is 32.2 Å². The van der Waals surface area contributed by atoms with Gasteiger partial charge in [-0.3, -0.25) is 0 Å². The van der Waals surface area contributed by atoms with Crippen molar-refractivity contribution in [2.24, 2.45) is 5.92 Å². The van der Waals surface area contributed by atoms with E-state index in [-0.39, 0.29) is 0 Å². The topological polar surface area (TPSA) is 24.1 Å². The first-order valence-corrected chi connectivity index (χ1v) is 5.24. The van der Waals surface area contributed by atoms with Gasteiger partial charge < -0.3 is 10.6 Å². The fourth-order valence-electron chi connectivity index (χ4n) is 2.81. The molecule has 1 heterocycles. The lowest BCUT2D eigenvalue weighted by Crippen LogP contribution is -2.57. The van der Waals surface area contributed by atoms with Gasteiger partial charge in [0.2, 0.25) is 0 Å². The van der Waals surface area contributed by atoms with Crippen LogP contribution in [0, 0.1) is 5.92 Å². The molecule has 0 bridgehead atoms. The van der Waals surface area contributed by atoms with Crippen LogP contribution in [0.25, 0.3) is 0 Å². The number of piperidine rings is 1. The van der Waals surface area contributed by atoms with E-state index in [2.05, 4.69) is 24.6 Å². The molecule has 2 N–H and O–H groups in total. The first-order chi connectivity index (χ1) is 5.82. The quantitative estimate of drug-likeness (QED) is 0.646. The van der Waals surface area contributed by atoms with Crippen LogP contribution < -0.4 is 10.6 Å². The van der Waals surface area contributed by atoms with Gasteiger partial charge in [-0.1, -0.05) is 13.3 Å². The Hall–Kier alpha value is -0.0800. The molecule has 2 unspecified atom stereocenters. The molecule has 0 aromatic carbocycles. The van der Waals surface area contributed by atoms with Gasteiger partial charge in [0.1, 0.15) is 0 Å². The van der Waals surface area contributed by atoms with Crippen LogP contribution in [0.15, 0.2) is 0 Å². The van der Waals surface area contributed by atoms with Crippen LogP contribution in [0.2, 0.25) is 0 Å². The standard InChI is InChI=1S/C10H20N2/c1-3-8-4-7-12-10(5-6-10)9(8)11-2/h8-9,11-12H,3-7H2,1-2H3. The Labute approximate surface area is 75.1 Å². The molecule has 1 spiro atoms. The Morgan fingerprint density at radius 2 is 2.25 bits per heavy atom. The highest BCUT2D eigenvalue weighted by Crippen LogP contribution is 2.44. The lowest BCUT2D eigenvalue weighted by Gasteiger charge is -2.39. The highest BCUT2D eigenvalue weighted by molar-refractivity contribution is 5.13. The second kappa shape index (κ2) is 3.00. The van der Waals surface area contributed by atoms with Gasteiger partial charge in [-0.15, -0.1) is 0 Å². The lowest BCUT2D eigenvalue weighted by molar-refractivity contribution is 0.205. The molecule has 12 heavy (non-hydrogen) atoms. The minimum Gasteiger partial charge on any atom is -0.315 e. The van der Waals surface area contributed by atoms with Crippen LogP contribution in [0.5, 0.6) is 0 Å². The predicted molar refractivity (Wildman–Crippen MR) is 51.2 cm³/mol. The van der Waals surface area contributed by atoms with E-state index < -0.39 is 0 Å². The Morgan fingerprint density at radius 3 is 2.75 bits per heavy atom. The molecule has 70 valence electrons. The number of likely N-dealkylation sites (N-methyl/N-ethyl adjacent to an activating group) is 1. The second-order valence-corrected chi connectivity index (χ2v) is 4.31. The maximum absolute atomic E-state index is 3.67. The van der Waals surface area contributed by atoms with Gasteiger partial charge in [0, 0.05) is 11.6 Å². The zero-order valence-electron chi connectivity index (χ0n) is 8.19. The van der Waals surface area contributed by atoms with Crippen molar-refractivity contribution >= 4 is 0 Å². The molecule has 0 aromatic rings. The third-order valence-electron chi connectivity index (χ3n) is 3.68. The maximum Gasteiger partial charge on any atom is 0.0339 e. The molecule has 1 aliphatic carbocycles. The zero-order valence-corrected chi connectivity index (χ0v) is 8.19. The SMILES string of the molecule is CCC1CCNC2(CC2)C1NC. The average Bonchev–Trinajstić information content (AvgIpc) is 2.85. The number of nitrogens with one attached hydrogen (secondary N) is 2.